The van der Waals surface area contributed by atoms with Gasteiger partial charge in [-0.3, -0.25) is 5.41 Å². The van der Waals surface area contributed by atoms with E-state index in [-0.39, 0.29) is 5.60 Å². The molecule has 1 saturated carbocycles. The molecule has 1 heterocycles. The highest BCUT2D eigenvalue weighted by atomic mass is 16.5. The highest BCUT2D eigenvalue weighted by molar-refractivity contribution is 5.77. The third-order valence-corrected chi connectivity index (χ3v) is 5.02. The van der Waals surface area contributed by atoms with Crippen LogP contribution in [0.4, 0.5) is 0 Å². The Morgan fingerprint density at radius 3 is 2.74 bits per heavy atom. The summed E-state index contributed by atoms with van der Waals surface area (Å²) in [6, 6.07) is 0.933. The molecule has 0 bridgehead atoms. The SMILES string of the molecule is CC(CC(=N)N)N(C)C1CCOC2(CCCCC2)C1. The molecule has 1 saturated heterocycles. The summed E-state index contributed by atoms with van der Waals surface area (Å²) < 4.78 is 6.15. The van der Waals surface area contributed by atoms with Gasteiger partial charge >= 0.3 is 0 Å². The molecule has 2 aliphatic rings. The van der Waals surface area contributed by atoms with Crippen LogP contribution < -0.4 is 5.73 Å². The zero-order valence-electron chi connectivity index (χ0n) is 12.5. The molecule has 0 aromatic rings. The van der Waals surface area contributed by atoms with Crippen LogP contribution in [-0.4, -0.2) is 42.1 Å². The molecule has 0 aromatic carbocycles. The quantitative estimate of drug-likeness (QED) is 0.608. The minimum atomic E-state index is 0.158. The van der Waals surface area contributed by atoms with E-state index in [0.717, 1.165) is 19.4 Å². The van der Waals surface area contributed by atoms with Gasteiger partial charge in [0.05, 0.1) is 11.4 Å². The van der Waals surface area contributed by atoms with E-state index in [0.29, 0.717) is 24.3 Å². The first kappa shape index (κ1) is 14.8. The Balaban J connectivity index is 1.94. The van der Waals surface area contributed by atoms with Crippen molar-refractivity contribution in [1.29, 1.82) is 5.41 Å². The summed E-state index contributed by atoms with van der Waals surface area (Å²) >= 11 is 0. The van der Waals surface area contributed by atoms with Gasteiger partial charge in [0.15, 0.2) is 0 Å². The van der Waals surface area contributed by atoms with E-state index in [1.807, 2.05) is 0 Å². The van der Waals surface area contributed by atoms with Crippen LogP contribution in [0.1, 0.15) is 58.3 Å². The lowest BCUT2D eigenvalue weighted by atomic mass is 9.78. The van der Waals surface area contributed by atoms with Crippen LogP contribution in [-0.2, 0) is 4.74 Å². The van der Waals surface area contributed by atoms with Crippen molar-refractivity contribution in [2.75, 3.05) is 13.7 Å². The number of ether oxygens (including phenoxy) is 1. The predicted octanol–water partition coefficient (Wildman–Crippen LogP) is 2.51. The molecule has 1 spiro atoms. The Morgan fingerprint density at radius 1 is 1.42 bits per heavy atom. The highest BCUT2D eigenvalue weighted by Gasteiger charge is 2.40. The Kier molecular flexibility index (Phi) is 4.85. The topological polar surface area (TPSA) is 62.3 Å². The molecule has 3 N–H and O–H groups in total. The second kappa shape index (κ2) is 6.23. The predicted molar refractivity (Wildman–Crippen MR) is 78.5 cm³/mol. The standard InChI is InChI=1S/C15H29N3O/c1-12(10-14(16)17)18(2)13-6-9-19-15(11-13)7-4-3-5-8-15/h12-13H,3-11H2,1-2H3,(H3,16,17). The van der Waals surface area contributed by atoms with Gasteiger partial charge in [-0.15, -0.1) is 0 Å². The lowest BCUT2D eigenvalue weighted by Gasteiger charge is -2.47. The van der Waals surface area contributed by atoms with Gasteiger partial charge in [0.1, 0.15) is 0 Å². The molecule has 0 amide bonds. The average Bonchev–Trinajstić information content (AvgIpc) is 2.38. The summed E-state index contributed by atoms with van der Waals surface area (Å²) in [6.45, 7) is 3.06. The van der Waals surface area contributed by atoms with E-state index in [4.69, 9.17) is 15.9 Å². The summed E-state index contributed by atoms with van der Waals surface area (Å²) in [5, 5.41) is 7.45. The van der Waals surface area contributed by atoms with Crippen LogP contribution in [0.25, 0.3) is 0 Å². The maximum Gasteiger partial charge on any atom is 0.0920 e. The van der Waals surface area contributed by atoms with Gasteiger partial charge in [0.25, 0.3) is 0 Å². The van der Waals surface area contributed by atoms with Crippen molar-refractivity contribution >= 4 is 5.84 Å². The van der Waals surface area contributed by atoms with Crippen molar-refractivity contribution in [2.24, 2.45) is 5.73 Å². The van der Waals surface area contributed by atoms with Crippen molar-refractivity contribution in [3.63, 3.8) is 0 Å². The first-order valence-corrected chi connectivity index (χ1v) is 7.71. The molecule has 0 aromatic heterocycles. The number of amidine groups is 1. The molecule has 1 aliphatic heterocycles. The second-order valence-electron chi connectivity index (χ2n) is 6.48. The fourth-order valence-corrected chi connectivity index (χ4v) is 3.72. The van der Waals surface area contributed by atoms with Crippen molar-refractivity contribution in [2.45, 2.75) is 76.0 Å². The number of nitrogens with one attached hydrogen (secondary N) is 1. The van der Waals surface area contributed by atoms with Crippen LogP contribution in [0, 0.1) is 5.41 Å². The van der Waals surface area contributed by atoms with E-state index >= 15 is 0 Å². The summed E-state index contributed by atoms with van der Waals surface area (Å²) in [7, 11) is 2.18. The molecular weight excluding hydrogens is 238 g/mol. The molecule has 2 rings (SSSR count). The molecule has 110 valence electrons. The van der Waals surface area contributed by atoms with Gasteiger partial charge in [-0.25, -0.2) is 0 Å². The van der Waals surface area contributed by atoms with Crippen molar-refractivity contribution < 1.29 is 4.74 Å². The number of nitrogens with two attached hydrogens (primary N) is 1. The zero-order chi connectivity index (χ0) is 13.9. The minimum absolute atomic E-state index is 0.158. The van der Waals surface area contributed by atoms with Gasteiger partial charge in [0.2, 0.25) is 0 Å². The summed E-state index contributed by atoms with van der Waals surface area (Å²) in [4.78, 5) is 2.42. The first-order valence-electron chi connectivity index (χ1n) is 7.71. The zero-order valence-corrected chi connectivity index (χ0v) is 12.5. The van der Waals surface area contributed by atoms with Crippen LogP contribution in [0.5, 0.6) is 0 Å². The van der Waals surface area contributed by atoms with Gasteiger partial charge in [0, 0.05) is 25.1 Å². The van der Waals surface area contributed by atoms with E-state index in [9.17, 15) is 0 Å². The van der Waals surface area contributed by atoms with Crippen molar-refractivity contribution in [3.8, 4) is 0 Å². The molecule has 2 unspecified atom stereocenters. The van der Waals surface area contributed by atoms with E-state index in [1.165, 1.54) is 32.1 Å². The van der Waals surface area contributed by atoms with Crippen LogP contribution in [0.2, 0.25) is 0 Å². The molecule has 2 atom stereocenters. The van der Waals surface area contributed by atoms with Gasteiger partial charge in [-0.1, -0.05) is 19.3 Å². The smallest absolute Gasteiger partial charge is 0.0920 e. The molecule has 1 aliphatic carbocycles. The molecule has 0 radical (unpaired) electrons. The van der Waals surface area contributed by atoms with Crippen LogP contribution in [0.3, 0.4) is 0 Å². The maximum atomic E-state index is 7.45. The normalized spacial score (nSPS) is 28.5. The number of hydrogen-bond acceptors (Lipinski definition) is 3. The number of hydrogen-bond donors (Lipinski definition) is 2. The minimum Gasteiger partial charge on any atom is -0.388 e. The molecule has 2 fully saturated rings. The third-order valence-electron chi connectivity index (χ3n) is 5.02. The summed E-state index contributed by atoms with van der Waals surface area (Å²) in [5.41, 5.74) is 5.69. The summed E-state index contributed by atoms with van der Waals surface area (Å²) in [6.07, 6.45) is 9.41. The molecular formula is C15H29N3O. The van der Waals surface area contributed by atoms with Gasteiger partial charge < -0.3 is 15.4 Å². The lowest BCUT2D eigenvalue weighted by molar-refractivity contribution is -0.124. The fourth-order valence-electron chi connectivity index (χ4n) is 3.72. The van der Waals surface area contributed by atoms with Crippen molar-refractivity contribution in [1.82, 2.24) is 4.90 Å². The number of rotatable bonds is 4. The van der Waals surface area contributed by atoms with E-state index in [2.05, 4.69) is 18.9 Å². The van der Waals surface area contributed by atoms with E-state index < -0.39 is 0 Å². The molecule has 4 nitrogen and oxygen atoms in total. The van der Waals surface area contributed by atoms with Gasteiger partial charge in [-0.2, -0.15) is 0 Å². The molecule has 19 heavy (non-hydrogen) atoms. The van der Waals surface area contributed by atoms with Crippen LogP contribution in [0.15, 0.2) is 0 Å². The Labute approximate surface area is 117 Å². The largest absolute Gasteiger partial charge is 0.388 e. The second-order valence-corrected chi connectivity index (χ2v) is 6.48. The van der Waals surface area contributed by atoms with Gasteiger partial charge in [-0.05, 0) is 39.7 Å². The average molecular weight is 267 g/mol. The number of nitrogens with zero attached hydrogens (tertiary/aromatic N) is 1. The Bertz CT molecular complexity index is 307. The summed E-state index contributed by atoms with van der Waals surface area (Å²) in [5.74, 6) is 0.291. The Hall–Kier alpha value is -0.610. The first-order chi connectivity index (χ1) is 9.02. The monoisotopic (exact) mass is 267 g/mol. The molecule has 4 heteroatoms. The Morgan fingerprint density at radius 2 is 2.11 bits per heavy atom. The van der Waals surface area contributed by atoms with E-state index in [1.54, 1.807) is 0 Å². The van der Waals surface area contributed by atoms with Crippen LogP contribution >= 0.6 is 0 Å². The fraction of sp³-hybridized carbons (Fsp3) is 0.933. The van der Waals surface area contributed by atoms with Crippen molar-refractivity contribution in [3.05, 3.63) is 0 Å². The third kappa shape index (κ3) is 3.69. The maximum absolute atomic E-state index is 7.45. The highest BCUT2D eigenvalue weighted by Crippen LogP contribution is 2.39. The lowest BCUT2D eigenvalue weighted by Crippen LogP contribution is -2.51.